The Morgan fingerprint density at radius 2 is 1.81 bits per heavy atom. The summed E-state index contributed by atoms with van der Waals surface area (Å²) in [6.45, 7) is 7.90. The molecule has 1 aromatic heterocycles. The predicted octanol–water partition coefficient (Wildman–Crippen LogP) is 4.91. The van der Waals surface area contributed by atoms with E-state index in [4.69, 9.17) is 9.47 Å². The summed E-state index contributed by atoms with van der Waals surface area (Å²) >= 11 is 0. The van der Waals surface area contributed by atoms with Crippen LogP contribution in [-0.2, 0) is 29.1 Å². The molecule has 4 aliphatic rings. The van der Waals surface area contributed by atoms with Crippen molar-refractivity contribution >= 4 is 44.6 Å². The Kier molecular flexibility index (Phi) is 12.0. The summed E-state index contributed by atoms with van der Waals surface area (Å²) < 4.78 is 84.7. The molecule has 3 fully saturated rings. The number of pyridine rings is 1. The van der Waals surface area contributed by atoms with Crippen LogP contribution >= 0.6 is 0 Å². The van der Waals surface area contributed by atoms with Crippen molar-refractivity contribution in [3.63, 3.8) is 0 Å². The highest BCUT2D eigenvalue weighted by atomic mass is 32.2. The molecule has 0 spiro atoms. The normalized spacial score (nSPS) is 29.5. The third-order valence-electron chi connectivity index (χ3n) is 11.0. The van der Waals surface area contributed by atoms with Crippen LogP contribution in [0.25, 0.3) is 10.8 Å². The number of benzene rings is 1. The largest absolute Gasteiger partial charge is 0.491 e. The number of hydrogen-bond acceptors (Lipinski definition) is 10. The molecule has 1 aromatic carbocycles. The number of ether oxygens (including phenoxy) is 3. The van der Waals surface area contributed by atoms with Crippen LogP contribution in [0, 0.1) is 17.8 Å². The number of alkyl halides is 3. The predicted molar refractivity (Wildman–Crippen MR) is 201 cm³/mol. The number of rotatable bonds is 9. The fourth-order valence-corrected chi connectivity index (χ4v) is 8.98. The van der Waals surface area contributed by atoms with Gasteiger partial charge >= 0.3 is 12.3 Å². The van der Waals surface area contributed by atoms with E-state index in [2.05, 4.69) is 25.1 Å². The van der Waals surface area contributed by atoms with Gasteiger partial charge in [-0.2, -0.15) is 13.2 Å². The van der Waals surface area contributed by atoms with Gasteiger partial charge in [-0.1, -0.05) is 26.0 Å². The van der Waals surface area contributed by atoms with E-state index in [1.807, 2.05) is 32.9 Å². The van der Waals surface area contributed by atoms with Crippen molar-refractivity contribution < 1.29 is 55.0 Å². The van der Waals surface area contributed by atoms with Crippen LogP contribution in [0.1, 0.15) is 79.6 Å². The number of aromatic nitrogens is 1. The molecule has 2 aromatic rings. The first-order valence-electron chi connectivity index (χ1n) is 19.4. The molecule has 4 amide bonds. The first-order chi connectivity index (χ1) is 26.8. The van der Waals surface area contributed by atoms with Gasteiger partial charge < -0.3 is 29.7 Å². The quantitative estimate of drug-likeness (QED) is 0.294. The Hall–Kier alpha value is -4.61. The third-order valence-corrected chi connectivity index (χ3v) is 12.8. The summed E-state index contributed by atoms with van der Waals surface area (Å²) in [5.74, 6) is -2.76. The van der Waals surface area contributed by atoms with Crippen molar-refractivity contribution in [3.05, 3.63) is 42.6 Å². The lowest BCUT2D eigenvalue weighted by molar-refractivity contribution is -0.197. The molecular formula is C39H50F3N5O9S. The number of amides is 4. The van der Waals surface area contributed by atoms with Gasteiger partial charge in [-0.3, -0.25) is 19.1 Å². The number of halogens is 3. The fourth-order valence-electron chi connectivity index (χ4n) is 7.61. The second kappa shape index (κ2) is 16.3. The van der Waals surface area contributed by atoms with E-state index in [0.29, 0.717) is 50.2 Å². The maximum Gasteiger partial charge on any atom is 0.425 e. The molecule has 14 nitrogen and oxygen atoms in total. The number of nitrogens with one attached hydrogen (secondary N) is 3. The minimum absolute atomic E-state index is 0.0259. The van der Waals surface area contributed by atoms with Crippen LogP contribution in [0.15, 0.2) is 42.6 Å². The lowest BCUT2D eigenvalue weighted by Crippen LogP contribution is -2.59. The van der Waals surface area contributed by atoms with Crippen molar-refractivity contribution in [1.29, 1.82) is 0 Å². The minimum atomic E-state index is -4.85. The van der Waals surface area contributed by atoms with E-state index in [9.17, 15) is 40.8 Å². The summed E-state index contributed by atoms with van der Waals surface area (Å²) in [4.78, 5) is 61.4. The molecule has 2 aliphatic carbocycles. The molecule has 2 saturated carbocycles. The Balaban J connectivity index is 1.33. The standard InChI is InChI=1S/C39H50F3N5O9S/c1-21(2)54-27-10-13-30-25(17-27)14-15-43-34(30)56-28-18-31-33(48)45-38(36(50)46-57(52,53)29-11-12-29)19-26(38)9-7-6-8-22(3)16-23(4)32(35(49)47(31)20-28)44-37(51)55-24(5)39(40,41)42/h7,9-10,13-15,17,21-24,26,28-29,31-32H,6,8,11-12,16,18-20H2,1-5H3,(H,44,51)(H,45,48)(H,46,50)/b9-7-/t22-,23-,24-,26?,28-,31+,32+,38-/m1/s1. The monoisotopic (exact) mass is 821 g/mol. The van der Waals surface area contributed by atoms with Crippen LogP contribution in [0.3, 0.4) is 0 Å². The molecule has 312 valence electrons. The third kappa shape index (κ3) is 9.75. The zero-order valence-electron chi connectivity index (χ0n) is 32.5. The number of carbonyl (C=O) groups excluding carboxylic acids is 4. The molecule has 1 saturated heterocycles. The maximum atomic E-state index is 14.7. The highest BCUT2D eigenvalue weighted by Crippen LogP contribution is 2.46. The van der Waals surface area contributed by atoms with Crippen molar-refractivity contribution in [2.75, 3.05) is 6.54 Å². The SMILES string of the molecule is CC(C)Oc1ccc2c(O[C@@H]3C[C@H]4C(=O)N[C@]5(C(=O)NS(=O)(=O)C6CC6)CC5/C=C\CC[C@@H](C)C[C@@H](C)[C@H](NC(=O)O[C@H](C)C(F)(F)F)C(=O)N4C3)nccc2c1. The molecule has 0 radical (unpaired) electrons. The molecule has 0 bridgehead atoms. The molecule has 1 unspecified atom stereocenters. The van der Waals surface area contributed by atoms with Crippen molar-refractivity contribution in [2.24, 2.45) is 17.8 Å². The first kappa shape index (κ1) is 42.0. The molecule has 8 atom stereocenters. The van der Waals surface area contributed by atoms with Gasteiger partial charge in [-0.25, -0.2) is 18.2 Å². The van der Waals surface area contributed by atoms with Crippen molar-refractivity contribution in [2.45, 2.75) is 127 Å². The van der Waals surface area contributed by atoms with Crippen LogP contribution in [0.2, 0.25) is 0 Å². The van der Waals surface area contributed by atoms with Gasteiger partial charge in [0, 0.05) is 23.9 Å². The number of fused-ring (bicyclic) bond motifs is 3. The summed E-state index contributed by atoms with van der Waals surface area (Å²) in [7, 11) is -3.97. The molecule has 3 heterocycles. The van der Waals surface area contributed by atoms with E-state index < -0.39 is 86.9 Å². The van der Waals surface area contributed by atoms with Gasteiger partial charge in [-0.05, 0) is 101 Å². The summed E-state index contributed by atoms with van der Waals surface area (Å²) in [5.41, 5.74) is -1.62. The van der Waals surface area contributed by atoms with Gasteiger partial charge in [-0.15, -0.1) is 0 Å². The molecule has 18 heteroatoms. The summed E-state index contributed by atoms with van der Waals surface area (Å²) in [6.07, 6.45) is -2.10. The Labute approximate surface area is 329 Å². The van der Waals surface area contributed by atoms with Gasteiger partial charge in [0.15, 0.2) is 6.10 Å². The second-order valence-electron chi connectivity index (χ2n) is 16.1. The zero-order chi connectivity index (χ0) is 41.4. The zero-order valence-corrected chi connectivity index (χ0v) is 33.3. The minimum Gasteiger partial charge on any atom is -0.491 e. The Morgan fingerprint density at radius 3 is 2.49 bits per heavy atom. The van der Waals surface area contributed by atoms with E-state index in [1.165, 1.54) is 11.1 Å². The van der Waals surface area contributed by atoms with Crippen molar-refractivity contribution in [3.8, 4) is 11.6 Å². The van der Waals surface area contributed by atoms with Crippen LogP contribution in [-0.4, -0.2) is 96.0 Å². The van der Waals surface area contributed by atoms with Gasteiger partial charge in [0.25, 0.3) is 5.91 Å². The topological polar surface area (TPSA) is 182 Å². The van der Waals surface area contributed by atoms with Crippen LogP contribution in [0.5, 0.6) is 11.6 Å². The first-order valence-corrected chi connectivity index (χ1v) is 20.9. The Morgan fingerprint density at radius 1 is 1.07 bits per heavy atom. The second-order valence-corrected chi connectivity index (χ2v) is 18.1. The molecule has 6 rings (SSSR count). The number of allylic oxidation sites excluding steroid dienone is 1. The average Bonchev–Trinajstić information content (AvgIpc) is 4.05. The van der Waals surface area contributed by atoms with Gasteiger partial charge in [0.05, 0.1) is 17.9 Å². The van der Waals surface area contributed by atoms with E-state index >= 15 is 0 Å². The summed E-state index contributed by atoms with van der Waals surface area (Å²) in [6, 6.07) is 4.42. The highest BCUT2D eigenvalue weighted by molar-refractivity contribution is 7.91. The lowest BCUT2D eigenvalue weighted by atomic mass is 9.88. The van der Waals surface area contributed by atoms with E-state index in [1.54, 1.807) is 31.2 Å². The number of carbonyl (C=O) groups is 4. The number of sulfonamides is 1. The maximum absolute atomic E-state index is 14.7. The Bertz CT molecular complexity index is 2010. The smallest absolute Gasteiger partial charge is 0.425 e. The molecule has 3 N–H and O–H groups in total. The lowest BCUT2D eigenvalue weighted by Gasteiger charge is -2.33. The fraction of sp³-hybridized carbons (Fsp3) is 0.615. The summed E-state index contributed by atoms with van der Waals surface area (Å²) in [5, 5.41) is 5.82. The van der Waals surface area contributed by atoms with Crippen LogP contribution < -0.4 is 24.8 Å². The van der Waals surface area contributed by atoms with E-state index in [-0.39, 0.29) is 37.3 Å². The van der Waals surface area contributed by atoms with Gasteiger partial charge in [0.2, 0.25) is 27.7 Å². The molecular weight excluding hydrogens is 772 g/mol. The molecule has 2 aliphatic heterocycles. The molecule has 57 heavy (non-hydrogen) atoms. The number of hydrogen-bond donors (Lipinski definition) is 3. The van der Waals surface area contributed by atoms with E-state index in [0.717, 1.165) is 5.39 Å². The number of nitrogens with zero attached hydrogens (tertiary/aromatic N) is 2. The highest BCUT2D eigenvalue weighted by Gasteiger charge is 2.62. The average molecular weight is 822 g/mol. The number of alkyl carbamates (subject to hydrolysis) is 1. The van der Waals surface area contributed by atoms with Crippen molar-refractivity contribution in [1.82, 2.24) is 25.2 Å². The van der Waals surface area contributed by atoms with Gasteiger partial charge in [0.1, 0.15) is 29.5 Å². The van der Waals surface area contributed by atoms with Crippen LogP contribution in [0.4, 0.5) is 18.0 Å².